The van der Waals surface area contributed by atoms with Crippen LogP contribution in [-0.2, 0) is 6.42 Å². The van der Waals surface area contributed by atoms with E-state index in [4.69, 9.17) is 9.84 Å². The van der Waals surface area contributed by atoms with Crippen LogP contribution in [0.1, 0.15) is 77.2 Å². The molecule has 0 radical (unpaired) electrons. The van der Waals surface area contributed by atoms with Gasteiger partial charge in [-0.05, 0) is 50.9 Å². The molecule has 5 nitrogen and oxygen atoms in total. The first kappa shape index (κ1) is 36.4. The van der Waals surface area contributed by atoms with Crippen molar-refractivity contribution in [1.29, 1.82) is 0 Å². The number of nitrogens with one attached hydrogen (secondary N) is 2. The SMILES string of the molecule is CC.CC.CCCN1C(c2c(F)cc(OCCNCCCF)cc2F)c2[nH]c3ccccc3c2C[C@H]1C.OCCF. The molecule has 1 aliphatic heterocycles. The molecular weight excluding hydrogens is 534 g/mol. The second-order valence-electron chi connectivity index (χ2n) is 9.11. The van der Waals surface area contributed by atoms with E-state index >= 15 is 8.78 Å². The van der Waals surface area contributed by atoms with Crippen LogP contribution in [0.15, 0.2) is 36.4 Å². The number of rotatable bonds is 11. The Balaban J connectivity index is 0.000000950. The average molecular weight is 584 g/mol. The summed E-state index contributed by atoms with van der Waals surface area (Å²) in [5.41, 5.74) is 3.04. The molecule has 0 amide bonds. The Bertz CT molecular complexity index is 1100. The summed E-state index contributed by atoms with van der Waals surface area (Å²) < 4.78 is 59.0. The summed E-state index contributed by atoms with van der Waals surface area (Å²) in [6.07, 6.45) is 2.15. The van der Waals surface area contributed by atoms with Crippen LogP contribution in [0.3, 0.4) is 0 Å². The number of aromatic amines is 1. The molecule has 2 heterocycles. The summed E-state index contributed by atoms with van der Waals surface area (Å²) in [5, 5.41) is 11.6. The highest BCUT2D eigenvalue weighted by molar-refractivity contribution is 5.85. The van der Waals surface area contributed by atoms with Crippen LogP contribution in [0.25, 0.3) is 10.9 Å². The lowest BCUT2D eigenvalue weighted by Gasteiger charge is -2.41. The number of halogens is 4. The molecule has 0 bridgehead atoms. The highest BCUT2D eigenvalue weighted by Gasteiger charge is 2.38. The van der Waals surface area contributed by atoms with E-state index in [1.54, 1.807) is 0 Å². The van der Waals surface area contributed by atoms with Gasteiger partial charge in [0.1, 0.15) is 30.7 Å². The Morgan fingerprint density at radius 3 is 2.24 bits per heavy atom. The Hall–Kier alpha value is -2.62. The van der Waals surface area contributed by atoms with Crippen molar-refractivity contribution >= 4 is 10.9 Å². The van der Waals surface area contributed by atoms with Gasteiger partial charge in [-0.3, -0.25) is 9.29 Å². The standard InChI is InChI=1S/C26H32F3N3O.C2H5FO.2C2H6/c1-3-12-32-17(2)14-20-19-7-4-5-8-23(19)31-25(20)26(32)24-21(28)15-18(16-22(24)29)33-13-11-30-10-6-9-27;3-1-2-4;2*1-2/h4-5,7-8,15-17,26,30-31H,3,6,9-14H2,1-2H3;4H,1-2H2;2*1-2H3/t17-,26?;;;/m1.../s1. The predicted octanol–water partition coefficient (Wildman–Crippen LogP) is 7.52. The van der Waals surface area contributed by atoms with E-state index in [-0.39, 0.29) is 37.2 Å². The van der Waals surface area contributed by atoms with Crippen LogP contribution >= 0.6 is 0 Å². The highest BCUT2D eigenvalue weighted by Crippen LogP contribution is 2.43. The molecular formula is C32H49F4N3O2. The minimum atomic E-state index is -0.625. The third-order valence-corrected chi connectivity index (χ3v) is 6.44. The molecule has 0 spiro atoms. The summed E-state index contributed by atoms with van der Waals surface area (Å²) in [6.45, 7) is 12.9. The third kappa shape index (κ3) is 10.0. The number of H-pyrrole nitrogens is 1. The van der Waals surface area contributed by atoms with Gasteiger partial charge in [-0.25, -0.2) is 13.2 Å². The van der Waals surface area contributed by atoms with Crippen LogP contribution in [-0.4, -0.2) is 67.2 Å². The zero-order chi connectivity index (χ0) is 30.8. The summed E-state index contributed by atoms with van der Waals surface area (Å²) in [7, 11) is 0. The highest BCUT2D eigenvalue weighted by atomic mass is 19.1. The van der Waals surface area contributed by atoms with Gasteiger partial charge in [-0.1, -0.05) is 52.8 Å². The number of benzene rings is 2. The van der Waals surface area contributed by atoms with Gasteiger partial charge in [-0.15, -0.1) is 0 Å². The maximum absolute atomic E-state index is 15.4. The fourth-order valence-corrected chi connectivity index (χ4v) is 4.89. The number of nitrogens with zero attached hydrogens (tertiary/aromatic N) is 1. The summed E-state index contributed by atoms with van der Waals surface area (Å²) in [5.74, 6) is -1.07. The number of aromatic nitrogens is 1. The topological polar surface area (TPSA) is 60.5 Å². The van der Waals surface area contributed by atoms with Gasteiger partial charge in [0.25, 0.3) is 0 Å². The molecule has 232 valence electrons. The van der Waals surface area contributed by atoms with Gasteiger partial charge in [0.15, 0.2) is 0 Å². The van der Waals surface area contributed by atoms with E-state index in [1.165, 1.54) is 12.1 Å². The number of ether oxygens (including phenoxy) is 1. The Labute approximate surface area is 243 Å². The van der Waals surface area contributed by atoms with Gasteiger partial charge < -0.3 is 20.1 Å². The van der Waals surface area contributed by atoms with Crippen molar-refractivity contribution < 1.29 is 27.4 Å². The number of fused-ring (bicyclic) bond motifs is 3. The zero-order valence-corrected chi connectivity index (χ0v) is 25.5. The summed E-state index contributed by atoms with van der Waals surface area (Å²) in [6, 6.07) is 10.2. The third-order valence-electron chi connectivity index (χ3n) is 6.44. The van der Waals surface area contributed by atoms with E-state index < -0.39 is 24.4 Å². The Kier molecular flexibility index (Phi) is 18.0. The molecule has 0 saturated carbocycles. The minimum Gasteiger partial charge on any atom is -0.492 e. The number of aliphatic hydroxyl groups is 1. The fourth-order valence-electron chi connectivity index (χ4n) is 4.89. The molecule has 2 aromatic carbocycles. The molecule has 41 heavy (non-hydrogen) atoms. The number of para-hydroxylation sites is 1. The lowest BCUT2D eigenvalue weighted by atomic mass is 9.88. The van der Waals surface area contributed by atoms with E-state index in [1.807, 2.05) is 45.9 Å². The van der Waals surface area contributed by atoms with Crippen molar-refractivity contribution in [3.05, 3.63) is 64.9 Å². The smallest absolute Gasteiger partial charge is 0.135 e. The largest absolute Gasteiger partial charge is 0.492 e. The van der Waals surface area contributed by atoms with Crippen molar-refractivity contribution in [2.24, 2.45) is 0 Å². The Morgan fingerprint density at radius 2 is 1.66 bits per heavy atom. The van der Waals surface area contributed by atoms with E-state index in [0.29, 0.717) is 19.5 Å². The molecule has 9 heteroatoms. The van der Waals surface area contributed by atoms with Gasteiger partial charge >= 0.3 is 0 Å². The first-order valence-electron chi connectivity index (χ1n) is 14.9. The summed E-state index contributed by atoms with van der Waals surface area (Å²) in [4.78, 5) is 5.65. The maximum Gasteiger partial charge on any atom is 0.135 e. The molecule has 0 saturated heterocycles. The maximum atomic E-state index is 15.4. The normalized spacial score (nSPS) is 16.0. The van der Waals surface area contributed by atoms with Crippen molar-refractivity contribution in [3.8, 4) is 5.75 Å². The quantitative estimate of drug-likeness (QED) is 0.161. The molecule has 4 rings (SSSR count). The van der Waals surface area contributed by atoms with Crippen molar-refractivity contribution in [2.45, 2.75) is 72.9 Å². The monoisotopic (exact) mass is 583 g/mol. The van der Waals surface area contributed by atoms with E-state index in [9.17, 15) is 8.78 Å². The number of hydrogen-bond donors (Lipinski definition) is 3. The van der Waals surface area contributed by atoms with Gasteiger partial charge in [0, 0.05) is 46.9 Å². The van der Waals surface area contributed by atoms with Gasteiger partial charge in [-0.2, -0.15) is 0 Å². The van der Waals surface area contributed by atoms with Crippen LogP contribution in [0.4, 0.5) is 17.6 Å². The summed E-state index contributed by atoms with van der Waals surface area (Å²) >= 11 is 0. The minimum absolute atomic E-state index is 0.0521. The fraction of sp³-hybridized carbons (Fsp3) is 0.562. The van der Waals surface area contributed by atoms with E-state index in [0.717, 1.165) is 41.5 Å². The lowest BCUT2D eigenvalue weighted by Crippen LogP contribution is -2.43. The number of aliphatic hydroxyl groups excluding tert-OH is 1. The second-order valence-corrected chi connectivity index (χ2v) is 9.11. The number of alkyl halides is 2. The van der Waals surface area contributed by atoms with Crippen LogP contribution in [0.5, 0.6) is 5.75 Å². The van der Waals surface area contributed by atoms with Gasteiger partial charge in [0.2, 0.25) is 0 Å². The van der Waals surface area contributed by atoms with Crippen molar-refractivity contribution in [3.63, 3.8) is 0 Å². The van der Waals surface area contributed by atoms with Crippen LogP contribution in [0.2, 0.25) is 0 Å². The van der Waals surface area contributed by atoms with Crippen molar-refractivity contribution in [2.75, 3.05) is 46.2 Å². The van der Waals surface area contributed by atoms with Crippen LogP contribution in [0, 0.1) is 11.6 Å². The molecule has 2 atom stereocenters. The molecule has 3 aromatic rings. The molecule has 3 N–H and O–H groups in total. The molecule has 0 fully saturated rings. The molecule has 1 aliphatic rings. The zero-order valence-electron chi connectivity index (χ0n) is 25.5. The first-order valence-corrected chi connectivity index (χ1v) is 14.9. The van der Waals surface area contributed by atoms with E-state index in [2.05, 4.69) is 35.1 Å². The van der Waals surface area contributed by atoms with Gasteiger partial charge in [0.05, 0.1) is 19.3 Å². The van der Waals surface area contributed by atoms with Crippen LogP contribution < -0.4 is 10.1 Å². The van der Waals surface area contributed by atoms with Crippen molar-refractivity contribution in [1.82, 2.24) is 15.2 Å². The molecule has 0 aliphatic carbocycles. The number of hydrogen-bond acceptors (Lipinski definition) is 4. The second kappa shape index (κ2) is 20.3. The molecule has 1 unspecified atom stereocenters. The Morgan fingerprint density at radius 1 is 1.02 bits per heavy atom. The molecule has 1 aromatic heterocycles. The first-order chi connectivity index (χ1) is 20.0. The predicted molar refractivity (Wildman–Crippen MR) is 161 cm³/mol. The lowest BCUT2D eigenvalue weighted by molar-refractivity contribution is 0.143. The average Bonchev–Trinajstić information content (AvgIpc) is 3.36.